The molecular formula is C12H18ClN3O3S. The second-order valence-corrected chi connectivity index (χ2v) is 6.30. The maximum Gasteiger partial charge on any atom is 0.238 e. The molecule has 5 N–H and O–H groups in total. The summed E-state index contributed by atoms with van der Waals surface area (Å²) in [6, 6.07) is 3.91. The maximum absolute atomic E-state index is 11.7. The number of carbonyl (C=O) groups excluding carboxylic acids is 1. The lowest BCUT2D eigenvalue weighted by Gasteiger charge is -2.08. The van der Waals surface area contributed by atoms with Crippen molar-refractivity contribution in [1.82, 2.24) is 0 Å². The normalized spacial score (nSPS) is 11.3. The molecule has 0 fully saturated rings. The van der Waals surface area contributed by atoms with E-state index in [0.717, 1.165) is 19.3 Å². The maximum atomic E-state index is 11.7. The first-order valence-corrected chi connectivity index (χ1v) is 8.09. The fourth-order valence-electron chi connectivity index (χ4n) is 1.60. The molecule has 0 spiro atoms. The molecule has 6 nitrogen and oxygen atoms in total. The third kappa shape index (κ3) is 5.46. The molecule has 1 aromatic rings. The SMILES string of the molecule is NCCCCCC(=O)Nc1cc(S(N)(=O)=O)ccc1Cl. The summed E-state index contributed by atoms with van der Waals surface area (Å²) in [6.07, 6.45) is 2.79. The molecule has 20 heavy (non-hydrogen) atoms. The van der Waals surface area contributed by atoms with Crippen LogP contribution < -0.4 is 16.2 Å². The molecular weight excluding hydrogens is 302 g/mol. The Balaban J connectivity index is 2.69. The van der Waals surface area contributed by atoms with Crippen LogP contribution in [0.2, 0.25) is 5.02 Å². The average Bonchev–Trinajstić information content (AvgIpc) is 2.36. The number of hydrogen-bond donors (Lipinski definition) is 3. The van der Waals surface area contributed by atoms with E-state index >= 15 is 0 Å². The van der Waals surface area contributed by atoms with Gasteiger partial charge in [0.15, 0.2) is 0 Å². The van der Waals surface area contributed by atoms with Gasteiger partial charge in [-0.3, -0.25) is 4.79 Å². The van der Waals surface area contributed by atoms with Crippen molar-refractivity contribution >= 4 is 33.2 Å². The van der Waals surface area contributed by atoms with Crippen molar-refractivity contribution in [2.75, 3.05) is 11.9 Å². The van der Waals surface area contributed by atoms with E-state index in [-0.39, 0.29) is 21.5 Å². The Bertz CT molecular complexity index is 575. The number of unbranched alkanes of at least 4 members (excludes halogenated alkanes) is 2. The minimum atomic E-state index is -3.83. The third-order valence-corrected chi connectivity index (χ3v) is 3.89. The van der Waals surface area contributed by atoms with Crippen LogP contribution >= 0.6 is 11.6 Å². The molecule has 0 unspecified atom stereocenters. The van der Waals surface area contributed by atoms with Crippen molar-refractivity contribution in [2.45, 2.75) is 30.6 Å². The Kier molecular flexibility index (Phi) is 6.41. The van der Waals surface area contributed by atoms with Crippen LogP contribution in [0.15, 0.2) is 23.1 Å². The molecule has 0 saturated carbocycles. The summed E-state index contributed by atoms with van der Waals surface area (Å²) in [5.74, 6) is -0.226. The summed E-state index contributed by atoms with van der Waals surface area (Å²) in [6.45, 7) is 0.601. The predicted molar refractivity (Wildman–Crippen MR) is 79.0 cm³/mol. The molecule has 1 aromatic carbocycles. The van der Waals surface area contributed by atoms with Crippen LogP contribution in [0.3, 0.4) is 0 Å². The Morgan fingerprint density at radius 2 is 1.95 bits per heavy atom. The van der Waals surface area contributed by atoms with Gasteiger partial charge in [-0.25, -0.2) is 13.6 Å². The Morgan fingerprint density at radius 1 is 1.25 bits per heavy atom. The highest BCUT2D eigenvalue weighted by atomic mass is 35.5. The van der Waals surface area contributed by atoms with E-state index in [1.54, 1.807) is 0 Å². The van der Waals surface area contributed by atoms with Gasteiger partial charge in [-0.2, -0.15) is 0 Å². The molecule has 1 rings (SSSR count). The van der Waals surface area contributed by atoms with Gasteiger partial charge in [0.05, 0.1) is 15.6 Å². The quantitative estimate of drug-likeness (QED) is 0.659. The van der Waals surface area contributed by atoms with Crippen molar-refractivity contribution in [1.29, 1.82) is 0 Å². The molecule has 0 aromatic heterocycles. The van der Waals surface area contributed by atoms with Gasteiger partial charge in [-0.05, 0) is 37.6 Å². The molecule has 0 heterocycles. The largest absolute Gasteiger partial charge is 0.330 e. The number of nitrogens with two attached hydrogens (primary N) is 2. The zero-order valence-corrected chi connectivity index (χ0v) is 12.5. The van der Waals surface area contributed by atoms with Gasteiger partial charge in [0.1, 0.15) is 0 Å². The minimum Gasteiger partial charge on any atom is -0.330 e. The molecule has 112 valence electrons. The zero-order chi connectivity index (χ0) is 15.2. The molecule has 0 aliphatic heterocycles. The highest BCUT2D eigenvalue weighted by Crippen LogP contribution is 2.25. The van der Waals surface area contributed by atoms with E-state index in [2.05, 4.69) is 5.32 Å². The van der Waals surface area contributed by atoms with Crippen LogP contribution in [-0.4, -0.2) is 20.9 Å². The lowest BCUT2D eigenvalue weighted by atomic mass is 10.2. The lowest BCUT2D eigenvalue weighted by molar-refractivity contribution is -0.116. The summed E-state index contributed by atoms with van der Waals surface area (Å²) in [5.41, 5.74) is 5.60. The molecule has 1 amide bonds. The van der Waals surface area contributed by atoms with Gasteiger partial charge < -0.3 is 11.1 Å². The first-order chi connectivity index (χ1) is 9.34. The van der Waals surface area contributed by atoms with Gasteiger partial charge in [0.25, 0.3) is 0 Å². The average molecular weight is 320 g/mol. The highest BCUT2D eigenvalue weighted by Gasteiger charge is 2.12. The van der Waals surface area contributed by atoms with Crippen molar-refractivity contribution in [3.63, 3.8) is 0 Å². The number of hydrogen-bond acceptors (Lipinski definition) is 4. The van der Waals surface area contributed by atoms with Crippen LogP contribution in [-0.2, 0) is 14.8 Å². The summed E-state index contributed by atoms with van der Waals surface area (Å²) in [7, 11) is -3.83. The number of amides is 1. The molecule has 0 saturated heterocycles. The Hall–Kier alpha value is -1.15. The van der Waals surface area contributed by atoms with Gasteiger partial charge in [0, 0.05) is 6.42 Å². The van der Waals surface area contributed by atoms with Crippen LogP contribution in [0.4, 0.5) is 5.69 Å². The van der Waals surface area contributed by atoms with E-state index in [1.165, 1.54) is 18.2 Å². The monoisotopic (exact) mass is 319 g/mol. The summed E-state index contributed by atoms with van der Waals surface area (Å²) in [5, 5.41) is 7.86. The van der Waals surface area contributed by atoms with Gasteiger partial charge in [0.2, 0.25) is 15.9 Å². The van der Waals surface area contributed by atoms with Crippen molar-refractivity contribution in [2.24, 2.45) is 10.9 Å². The second kappa shape index (κ2) is 7.58. The van der Waals surface area contributed by atoms with Crippen molar-refractivity contribution in [3.8, 4) is 0 Å². The Morgan fingerprint density at radius 3 is 2.55 bits per heavy atom. The van der Waals surface area contributed by atoms with Gasteiger partial charge in [-0.1, -0.05) is 18.0 Å². The van der Waals surface area contributed by atoms with Crippen LogP contribution in [0.5, 0.6) is 0 Å². The smallest absolute Gasteiger partial charge is 0.238 e. The summed E-state index contributed by atoms with van der Waals surface area (Å²) >= 11 is 5.91. The van der Waals surface area contributed by atoms with Gasteiger partial charge in [-0.15, -0.1) is 0 Å². The molecule has 0 radical (unpaired) electrons. The number of rotatable bonds is 7. The van der Waals surface area contributed by atoms with Crippen LogP contribution in [0, 0.1) is 0 Å². The van der Waals surface area contributed by atoms with E-state index < -0.39 is 10.0 Å². The number of nitrogens with one attached hydrogen (secondary N) is 1. The lowest BCUT2D eigenvalue weighted by Crippen LogP contribution is -2.15. The number of halogens is 1. The third-order valence-electron chi connectivity index (χ3n) is 2.65. The van der Waals surface area contributed by atoms with E-state index in [9.17, 15) is 13.2 Å². The number of benzene rings is 1. The van der Waals surface area contributed by atoms with E-state index in [0.29, 0.717) is 13.0 Å². The predicted octanol–water partition coefficient (Wildman–Crippen LogP) is 1.45. The van der Waals surface area contributed by atoms with E-state index in [1.807, 2.05) is 0 Å². The zero-order valence-electron chi connectivity index (χ0n) is 10.9. The fourth-order valence-corrected chi connectivity index (χ4v) is 2.30. The van der Waals surface area contributed by atoms with Crippen LogP contribution in [0.1, 0.15) is 25.7 Å². The first-order valence-electron chi connectivity index (χ1n) is 6.17. The number of anilines is 1. The number of carbonyl (C=O) groups is 1. The summed E-state index contributed by atoms with van der Waals surface area (Å²) < 4.78 is 22.5. The van der Waals surface area contributed by atoms with Gasteiger partial charge >= 0.3 is 0 Å². The fraction of sp³-hybridized carbons (Fsp3) is 0.417. The highest BCUT2D eigenvalue weighted by molar-refractivity contribution is 7.89. The second-order valence-electron chi connectivity index (χ2n) is 4.33. The molecule has 0 aliphatic carbocycles. The summed E-state index contributed by atoms with van der Waals surface area (Å²) in [4.78, 5) is 11.6. The molecule has 0 bridgehead atoms. The number of primary sulfonamides is 1. The molecule has 8 heteroatoms. The topological polar surface area (TPSA) is 115 Å². The van der Waals surface area contributed by atoms with Crippen molar-refractivity contribution in [3.05, 3.63) is 23.2 Å². The first kappa shape index (κ1) is 16.9. The van der Waals surface area contributed by atoms with E-state index in [4.69, 9.17) is 22.5 Å². The molecule has 0 atom stereocenters. The van der Waals surface area contributed by atoms with Crippen LogP contribution in [0.25, 0.3) is 0 Å². The Labute approximate surface area is 123 Å². The van der Waals surface area contributed by atoms with Crippen molar-refractivity contribution < 1.29 is 13.2 Å². The standard InChI is InChI=1S/C12H18ClN3O3S/c13-10-6-5-9(20(15,18)19)8-11(10)16-12(17)4-2-1-3-7-14/h5-6,8H,1-4,7,14H2,(H,16,17)(H2,15,18,19). The minimum absolute atomic E-state index is 0.0969. The number of sulfonamides is 1. The molecule has 0 aliphatic rings.